The van der Waals surface area contributed by atoms with Gasteiger partial charge in [-0.15, -0.1) is 0 Å². The van der Waals surface area contributed by atoms with E-state index in [-0.39, 0.29) is 15.3 Å². The Hall–Kier alpha value is -1.05. The highest BCUT2D eigenvalue weighted by molar-refractivity contribution is 8.01. The summed E-state index contributed by atoms with van der Waals surface area (Å²) in [6, 6.07) is 10.0. The number of benzene rings is 1. The first-order valence-electron chi connectivity index (χ1n) is 7.74. The van der Waals surface area contributed by atoms with Crippen LogP contribution in [-0.2, 0) is 15.6 Å². The van der Waals surface area contributed by atoms with Gasteiger partial charge in [0.05, 0.1) is 5.25 Å². The molecule has 1 aromatic heterocycles. The summed E-state index contributed by atoms with van der Waals surface area (Å²) in [6.45, 7) is 0. The number of nitrogens with zero attached hydrogens (tertiary/aromatic N) is 1. The molecule has 0 unspecified atom stereocenters. The normalized spacial score (nSPS) is 16.5. The van der Waals surface area contributed by atoms with Crippen LogP contribution in [0.25, 0.3) is 0 Å². The molecule has 2 aromatic rings. The van der Waals surface area contributed by atoms with Crippen LogP contribution in [0.3, 0.4) is 0 Å². The third kappa shape index (κ3) is 3.89. The molecule has 1 saturated carbocycles. The van der Waals surface area contributed by atoms with Crippen LogP contribution >= 0.6 is 23.1 Å². The Morgan fingerprint density at radius 1 is 1.17 bits per heavy atom. The van der Waals surface area contributed by atoms with Crippen LogP contribution in [0.15, 0.2) is 38.9 Å². The largest absolute Gasteiger partial charge is 0.382 e. The van der Waals surface area contributed by atoms with Crippen LogP contribution in [0.2, 0.25) is 0 Å². The van der Waals surface area contributed by atoms with E-state index in [2.05, 4.69) is 4.98 Å². The Balaban J connectivity index is 1.75. The van der Waals surface area contributed by atoms with Crippen LogP contribution in [0, 0.1) is 0 Å². The molecule has 0 radical (unpaired) electrons. The highest BCUT2D eigenvalue weighted by Gasteiger charge is 2.32. The van der Waals surface area contributed by atoms with E-state index in [0.717, 1.165) is 42.2 Å². The molecule has 0 amide bonds. The smallest absolute Gasteiger partial charge is 0.194 e. The van der Waals surface area contributed by atoms with Crippen molar-refractivity contribution in [2.24, 2.45) is 0 Å². The fourth-order valence-electron chi connectivity index (χ4n) is 2.81. The number of rotatable bonds is 5. The van der Waals surface area contributed by atoms with Gasteiger partial charge in [0.15, 0.2) is 24.2 Å². The first kappa shape index (κ1) is 16.8. The zero-order valence-electron chi connectivity index (χ0n) is 12.8. The maximum Gasteiger partial charge on any atom is 0.194 e. The Kier molecular flexibility index (Phi) is 5.28. The lowest BCUT2D eigenvalue weighted by Crippen LogP contribution is -2.24. The minimum Gasteiger partial charge on any atom is -0.382 e. The lowest BCUT2D eigenvalue weighted by atomic mass is 10.0. The molecule has 4 nitrogen and oxygen atoms in total. The van der Waals surface area contributed by atoms with Crippen molar-refractivity contribution in [2.45, 2.75) is 51.7 Å². The van der Waals surface area contributed by atoms with Gasteiger partial charge in [-0.05, 0) is 18.4 Å². The molecule has 3 rings (SSSR count). The quantitative estimate of drug-likeness (QED) is 0.804. The van der Waals surface area contributed by atoms with Crippen LogP contribution in [0.4, 0.5) is 5.82 Å². The van der Waals surface area contributed by atoms with Crippen molar-refractivity contribution in [2.75, 3.05) is 5.73 Å². The van der Waals surface area contributed by atoms with Crippen LogP contribution in [0.1, 0.15) is 37.7 Å². The van der Waals surface area contributed by atoms with Gasteiger partial charge in [0, 0.05) is 5.75 Å². The number of hydrogen-bond acceptors (Lipinski definition) is 6. The molecular weight excluding hydrogens is 348 g/mol. The molecule has 0 aliphatic heterocycles. The zero-order valence-corrected chi connectivity index (χ0v) is 15.2. The fourth-order valence-corrected chi connectivity index (χ4v) is 7.43. The van der Waals surface area contributed by atoms with E-state index in [1.807, 2.05) is 30.3 Å². The standard InChI is InChI=1S/C16H20N2O2S3/c17-14-15(23(19,20)13-9-5-2-6-10-13)22-16(18-14)21-11-12-7-3-1-4-8-12/h1,3-4,7-8,13H,2,5-6,9-11,17H2. The molecule has 0 spiro atoms. The maximum atomic E-state index is 12.8. The summed E-state index contributed by atoms with van der Waals surface area (Å²) in [5, 5.41) is -0.286. The average molecular weight is 369 g/mol. The molecule has 0 bridgehead atoms. The van der Waals surface area contributed by atoms with Gasteiger partial charge in [-0.25, -0.2) is 13.4 Å². The van der Waals surface area contributed by atoms with Gasteiger partial charge in [0.1, 0.15) is 0 Å². The SMILES string of the molecule is Nc1nc(SCc2ccccc2)sc1S(=O)(=O)C1CCCCC1. The van der Waals surface area contributed by atoms with Gasteiger partial charge < -0.3 is 5.73 Å². The van der Waals surface area contributed by atoms with Crippen LogP contribution < -0.4 is 5.73 Å². The molecule has 0 atom stereocenters. The van der Waals surface area contributed by atoms with E-state index in [0.29, 0.717) is 0 Å². The molecule has 1 heterocycles. The Bertz CT molecular complexity index is 751. The lowest BCUT2D eigenvalue weighted by molar-refractivity contribution is 0.484. The molecule has 7 heteroatoms. The molecule has 1 aliphatic carbocycles. The summed E-state index contributed by atoms with van der Waals surface area (Å²) in [6.07, 6.45) is 4.58. The van der Waals surface area contributed by atoms with Crippen molar-refractivity contribution in [1.82, 2.24) is 4.98 Å². The third-order valence-corrected chi connectivity index (χ3v) is 9.16. The van der Waals surface area contributed by atoms with Crippen molar-refractivity contribution >= 4 is 38.8 Å². The van der Waals surface area contributed by atoms with E-state index in [4.69, 9.17) is 5.73 Å². The van der Waals surface area contributed by atoms with Gasteiger partial charge >= 0.3 is 0 Å². The van der Waals surface area contributed by atoms with Gasteiger partial charge in [0.25, 0.3) is 0 Å². The van der Waals surface area contributed by atoms with Gasteiger partial charge in [-0.1, -0.05) is 72.7 Å². The second-order valence-electron chi connectivity index (χ2n) is 5.73. The van der Waals surface area contributed by atoms with E-state index in [1.54, 1.807) is 0 Å². The van der Waals surface area contributed by atoms with Crippen molar-refractivity contribution in [3.63, 3.8) is 0 Å². The Morgan fingerprint density at radius 2 is 1.87 bits per heavy atom. The van der Waals surface area contributed by atoms with Gasteiger partial charge in [-0.2, -0.15) is 0 Å². The molecule has 1 fully saturated rings. The topological polar surface area (TPSA) is 73.0 Å². The third-order valence-electron chi connectivity index (χ3n) is 4.06. The number of nitrogen functional groups attached to an aromatic ring is 1. The van der Waals surface area contributed by atoms with Crippen molar-refractivity contribution in [1.29, 1.82) is 0 Å². The van der Waals surface area contributed by atoms with Crippen LogP contribution in [0.5, 0.6) is 0 Å². The minimum atomic E-state index is -3.34. The van der Waals surface area contributed by atoms with E-state index >= 15 is 0 Å². The average Bonchev–Trinajstić information content (AvgIpc) is 2.96. The second kappa shape index (κ2) is 7.23. The fraction of sp³-hybridized carbons (Fsp3) is 0.438. The number of aromatic nitrogens is 1. The molecule has 0 saturated heterocycles. The Labute approximate surface area is 145 Å². The van der Waals surface area contributed by atoms with Gasteiger partial charge in [0.2, 0.25) is 0 Å². The molecule has 23 heavy (non-hydrogen) atoms. The zero-order chi connectivity index (χ0) is 16.3. The molecule has 124 valence electrons. The number of hydrogen-bond donors (Lipinski definition) is 1. The second-order valence-corrected chi connectivity index (χ2v) is 10.4. The highest BCUT2D eigenvalue weighted by Crippen LogP contribution is 2.38. The summed E-state index contributed by atoms with van der Waals surface area (Å²) in [5.41, 5.74) is 7.09. The summed E-state index contributed by atoms with van der Waals surface area (Å²) in [5.74, 6) is 0.924. The predicted molar refractivity (Wildman–Crippen MR) is 96.6 cm³/mol. The number of anilines is 1. The Morgan fingerprint density at radius 3 is 2.57 bits per heavy atom. The molecular formula is C16H20N2O2S3. The van der Waals surface area contributed by atoms with E-state index < -0.39 is 9.84 Å². The monoisotopic (exact) mass is 368 g/mol. The van der Waals surface area contributed by atoms with Gasteiger partial charge in [-0.3, -0.25) is 0 Å². The lowest BCUT2D eigenvalue weighted by Gasteiger charge is -2.20. The van der Waals surface area contributed by atoms with Crippen molar-refractivity contribution in [3.8, 4) is 0 Å². The maximum absolute atomic E-state index is 12.8. The molecule has 1 aromatic carbocycles. The van der Waals surface area contributed by atoms with Crippen molar-refractivity contribution < 1.29 is 8.42 Å². The summed E-state index contributed by atoms with van der Waals surface area (Å²) < 4.78 is 26.5. The summed E-state index contributed by atoms with van der Waals surface area (Å²) in [4.78, 5) is 4.27. The minimum absolute atomic E-state index is 0.163. The summed E-state index contributed by atoms with van der Waals surface area (Å²) >= 11 is 2.75. The molecule has 2 N–H and O–H groups in total. The molecule has 1 aliphatic rings. The van der Waals surface area contributed by atoms with Crippen LogP contribution in [-0.4, -0.2) is 18.7 Å². The summed E-state index contributed by atoms with van der Waals surface area (Å²) in [7, 11) is -3.34. The van der Waals surface area contributed by atoms with Crippen molar-refractivity contribution in [3.05, 3.63) is 35.9 Å². The number of sulfone groups is 1. The first-order valence-corrected chi connectivity index (χ1v) is 11.1. The highest BCUT2D eigenvalue weighted by atomic mass is 32.2. The number of thioether (sulfide) groups is 1. The first-order chi connectivity index (χ1) is 11.1. The van der Waals surface area contributed by atoms with E-state index in [1.165, 1.54) is 28.7 Å². The number of nitrogens with two attached hydrogens (primary N) is 1. The predicted octanol–water partition coefficient (Wildman–Crippen LogP) is 4.12. The van der Waals surface area contributed by atoms with E-state index in [9.17, 15) is 8.42 Å². The number of thiazole rings is 1.